The Morgan fingerprint density at radius 2 is 2.10 bits per heavy atom. The van der Waals surface area contributed by atoms with Gasteiger partial charge < -0.3 is 10.1 Å². The molecule has 0 aromatic heterocycles. The lowest BCUT2D eigenvalue weighted by Gasteiger charge is -2.37. The van der Waals surface area contributed by atoms with Gasteiger partial charge in [0.2, 0.25) is 0 Å². The molecule has 0 amide bonds. The fraction of sp³-hybridized carbons (Fsp3) is 0.684. The topological polar surface area (TPSA) is 21.3 Å². The van der Waals surface area contributed by atoms with Crippen LogP contribution < -0.4 is 10.1 Å². The molecule has 1 heterocycles. The number of ether oxygens (including phenoxy) is 1. The van der Waals surface area contributed by atoms with E-state index in [1.807, 2.05) is 0 Å². The van der Waals surface area contributed by atoms with Crippen LogP contribution in [0.1, 0.15) is 57.2 Å². The molecule has 4 atom stereocenters. The van der Waals surface area contributed by atoms with Crippen molar-refractivity contribution in [2.45, 2.75) is 52.5 Å². The Morgan fingerprint density at radius 1 is 1.24 bits per heavy atom. The molecule has 2 nitrogen and oxygen atoms in total. The smallest absolute Gasteiger partial charge is 0.122 e. The molecular formula is C19H29NO. The molecule has 2 heteroatoms. The van der Waals surface area contributed by atoms with Crippen molar-refractivity contribution in [3.63, 3.8) is 0 Å². The van der Waals surface area contributed by atoms with Crippen LogP contribution in [0.2, 0.25) is 0 Å². The number of hydrogen-bond donors (Lipinski definition) is 1. The molecule has 1 aliphatic heterocycles. The second-order valence-corrected chi connectivity index (χ2v) is 7.03. The molecule has 1 aromatic carbocycles. The van der Waals surface area contributed by atoms with Crippen LogP contribution >= 0.6 is 0 Å². The summed E-state index contributed by atoms with van der Waals surface area (Å²) in [4.78, 5) is 0. The van der Waals surface area contributed by atoms with Crippen LogP contribution in [-0.4, -0.2) is 13.2 Å². The normalized spacial score (nSPS) is 29.8. The Hall–Kier alpha value is -1.02. The Bertz CT molecular complexity index is 484. The average Bonchev–Trinajstić information content (AvgIpc) is 2.95. The lowest BCUT2D eigenvalue weighted by Crippen LogP contribution is -2.33. The Kier molecular flexibility index (Phi) is 4.54. The summed E-state index contributed by atoms with van der Waals surface area (Å²) in [6.45, 7) is 8.95. The average molecular weight is 287 g/mol. The van der Waals surface area contributed by atoms with E-state index in [2.05, 4.69) is 44.3 Å². The summed E-state index contributed by atoms with van der Waals surface area (Å²) in [6.07, 6.45) is 5.16. The van der Waals surface area contributed by atoms with Gasteiger partial charge in [-0.05, 0) is 54.3 Å². The number of nitrogens with one attached hydrogen (secondary N) is 1. The van der Waals surface area contributed by atoms with Gasteiger partial charge in [0.25, 0.3) is 0 Å². The Labute approximate surface area is 129 Å². The quantitative estimate of drug-likeness (QED) is 0.889. The minimum atomic E-state index is 0.510. The summed E-state index contributed by atoms with van der Waals surface area (Å²) in [7, 11) is 0. The maximum absolute atomic E-state index is 5.65. The van der Waals surface area contributed by atoms with Gasteiger partial charge in [0.05, 0.1) is 6.61 Å². The van der Waals surface area contributed by atoms with Crippen molar-refractivity contribution in [2.75, 3.05) is 13.2 Å². The fourth-order valence-electron chi connectivity index (χ4n) is 4.07. The van der Waals surface area contributed by atoms with E-state index in [4.69, 9.17) is 4.74 Å². The molecule has 0 spiro atoms. The minimum absolute atomic E-state index is 0.510. The van der Waals surface area contributed by atoms with Crippen LogP contribution in [-0.2, 0) is 6.42 Å². The van der Waals surface area contributed by atoms with Crippen molar-refractivity contribution < 1.29 is 4.74 Å². The van der Waals surface area contributed by atoms with Crippen LogP contribution in [0.3, 0.4) is 0 Å². The summed E-state index contributed by atoms with van der Waals surface area (Å²) in [5.41, 5.74) is 2.86. The lowest BCUT2D eigenvalue weighted by molar-refractivity contribution is 0.172. The second-order valence-electron chi connectivity index (χ2n) is 7.03. The van der Waals surface area contributed by atoms with Gasteiger partial charge in [-0.3, -0.25) is 0 Å². The van der Waals surface area contributed by atoms with E-state index in [0.717, 1.165) is 43.1 Å². The van der Waals surface area contributed by atoms with E-state index in [1.165, 1.54) is 30.4 Å². The standard InChI is InChI=1S/C19H29NO/c1-4-20-19(16-6-5-13(2)14(3)11-16)17-7-8-18-15(12-17)9-10-21-18/h7-8,12-14,16,19-20H,4-6,9-11H2,1-3H3. The summed E-state index contributed by atoms with van der Waals surface area (Å²) in [6, 6.07) is 7.35. The molecule has 1 aromatic rings. The molecule has 4 unspecified atom stereocenters. The van der Waals surface area contributed by atoms with Crippen LogP contribution in [0.25, 0.3) is 0 Å². The Morgan fingerprint density at radius 3 is 2.86 bits per heavy atom. The third-order valence-electron chi connectivity index (χ3n) is 5.61. The monoisotopic (exact) mass is 287 g/mol. The predicted molar refractivity (Wildman–Crippen MR) is 87.7 cm³/mol. The highest BCUT2D eigenvalue weighted by Gasteiger charge is 2.31. The molecular weight excluding hydrogens is 258 g/mol. The summed E-state index contributed by atoms with van der Waals surface area (Å²) in [5.74, 6) is 3.61. The zero-order valence-electron chi connectivity index (χ0n) is 13.7. The largest absolute Gasteiger partial charge is 0.493 e. The van der Waals surface area contributed by atoms with E-state index < -0.39 is 0 Å². The van der Waals surface area contributed by atoms with Crippen molar-refractivity contribution in [3.8, 4) is 5.75 Å². The highest BCUT2D eigenvalue weighted by Crippen LogP contribution is 2.41. The SMILES string of the molecule is CCNC(c1ccc2c(c1)CCO2)C1CCC(C)C(C)C1. The number of fused-ring (bicyclic) bond motifs is 1. The van der Waals surface area contributed by atoms with Crippen molar-refractivity contribution >= 4 is 0 Å². The molecule has 0 bridgehead atoms. The zero-order chi connectivity index (χ0) is 14.8. The lowest BCUT2D eigenvalue weighted by atomic mass is 9.72. The van der Waals surface area contributed by atoms with Crippen molar-refractivity contribution in [1.82, 2.24) is 5.32 Å². The first-order chi connectivity index (χ1) is 10.2. The maximum atomic E-state index is 5.65. The Balaban J connectivity index is 1.81. The van der Waals surface area contributed by atoms with Crippen LogP contribution in [0.15, 0.2) is 18.2 Å². The predicted octanol–water partition coefficient (Wildman–Crippen LogP) is 4.34. The van der Waals surface area contributed by atoms with E-state index in [9.17, 15) is 0 Å². The van der Waals surface area contributed by atoms with Crippen LogP contribution in [0.4, 0.5) is 0 Å². The first kappa shape index (κ1) is 14.9. The van der Waals surface area contributed by atoms with E-state index in [-0.39, 0.29) is 0 Å². The zero-order valence-corrected chi connectivity index (χ0v) is 13.7. The second kappa shape index (κ2) is 6.39. The maximum Gasteiger partial charge on any atom is 0.122 e. The molecule has 1 aliphatic carbocycles. The first-order valence-corrected chi connectivity index (χ1v) is 8.68. The van der Waals surface area contributed by atoms with Gasteiger partial charge in [-0.1, -0.05) is 39.3 Å². The molecule has 116 valence electrons. The highest BCUT2D eigenvalue weighted by atomic mass is 16.5. The third-order valence-corrected chi connectivity index (χ3v) is 5.61. The molecule has 1 N–H and O–H groups in total. The van der Waals surface area contributed by atoms with Gasteiger partial charge in [0, 0.05) is 12.5 Å². The van der Waals surface area contributed by atoms with Gasteiger partial charge in [0.1, 0.15) is 5.75 Å². The minimum Gasteiger partial charge on any atom is -0.493 e. The van der Waals surface area contributed by atoms with E-state index in [1.54, 1.807) is 0 Å². The molecule has 1 saturated carbocycles. The first-order valence-electron chi connectivity index (χ1n) is 8.68. The van der Waals surface area contributed by atoms with Crippen molar-refractivity contribution in [1.29, 1.82) is 0 Å². The number of benzene rings is 1. The van der Waals surface area contributed by atoms with Gasteiger partial charge in [-0.25, -0.2) is 0 Å². The summed E-state index contributed by atoms with van der Waals surface area (Å²) in [5, 5.41) is 3.75. The molecule has 21 heavy (non-hydrogen) atoms. The highest BCUT2D eigenvalue weighted by molar-refractivity contribution is 5.41. The molecule has 1 fully saturated rings. The van der Waals surface area contributed by atoms with E-state index in [0.29, 0.717) is 6.04 Å². The van der Waals surface area contributed by atoms with Gasteiger partial charge in [-0.15, -0.1) is 0 Å². The van der Waals surface area contributed by atoms with Crippen LogP contribution in [0.5, 0.6) is 5.75 Å². The van der Waals surface area contributed by atoms with E-state index >= 15 is 0 Å². The summed E-state index contributed by atoms with van der Waals surface area (Å²) >= 11 is 0. The third kappa shape index (κ3) is 3.11. The molecule has 2 aliphatic rings. The summed E-state index contributed by atoms with van der Waals surface area (Å²) < 4.78 is 5.65. The molecule has 3 rings (SSSR count). The van der Waals surface area contributed by atoms with Crippen LogP contribution in [0, 0.1) is 17.8 Å². The van der Waals surface area contributed by atoms with Gasteiger partial charge >= 0.3 is 0 Å². The van der Waals surface area contributed by atoms with Crippen molar-refractivity contribution in [2.24, 2.45) is 17.8 Å². The van der Waals surface area contributed by atoms with Gasteiger partial charge in [0.15, 0.2) is 0 Å². The van der Waals surface area contributed by atoms with Gasteiger partial charge in [-0.2, -0.15) is 0 Å². The molecule has 0 saturated heterocycles. The molecule has 0 radical (unpaired) electrons. The fourth-order valence-corrected chi connectivity index (χ4v) is 4.07. The van der Waals surface area contributed by atoms with Crippen molar-refractivity contribution in [3.05, 3.63) is 29.3 Å². The number of rotatable bonds is 4. The number of hydrogen-bond acceptors (Lipinski definition) is 2.